The van der Waals surface area contributed by atoms with Gasteiger partial charge in [-0.2, -0.15) is 0 Å². The summed E-state index contributed by atoms with van der Waals surface area (Å²) in [5.41, 5.74) is 2.10. The van der Waals surface area contributed by atoms with E-state index in [0.717, 1.165) is 5.69 Å². The lowest BCUT2D eigenvalue weighted by molar-refractivity contribution is -0.135. The molecule has 0 atom stereocenters. The number of benzene rings is 1. The lowest BCUT2D eigenvalue weighted by Crippen LogP contribution is -2.24. The zero-order valence-electron chi connectivity index (χ0n) is 7.82. The molecule has 70 valence electrons. The molecule has 0 amide bonds. The van der Waals surface area contributed by atoms with Crippen LogP contribution in [0.2, 0.25) is 0 Å². The molecule has 0 radical (unpaired) electrons. The second-order valence-electron chi connectivity index (χ2n) is 3.09. The molecule has 0 bridgehead atoms. The molecule has 13 heavy (non-hydrogen) atoms. The summed E-state index contributed by atoms with van der Waals surface area (Å²) in [6.07, 6.45) is 0. The molecule has 0 heterocycles. The van der Waals surface area contributed by atoms with Crippen molar-refractivity contribution in [1.29, 1.82) is 0 Å². The second kappa shape index (κ2) is 3.94. The van der Waals surface area contributed by atoms with Crippen molar-refractivity contribution in [3.05, 3.63) is 29.8 Å². The van der Waals surface area contributed by atoms with E-state index in [2.05, 4.69) is 0 Å². The summed E-state index contributed by atoms with van der Waals surface area (Å²) in [7, 11) is 1.76. The smallest absolute Gasteiger partial charge is 0.323 e. The van der Waals surface area contributed by atoms with Crippen LogP contribution in [-0.2, 0) is 4.79 Å². The van der Waals surface area contributed by atoms with E-state index in [0.29, 0.717) is 0 Å². The third kappa shape index (κ3) is 2.78. The Morgan fingerprint density at radius 2 is 1.92 bits per heavy atom. The Balaban J connectivity index is 2.71. The monoisotopic (exact) mass is 179 g/mol. The van der Waals surface area contributed by atoms with Crippen LogP contribution in [0.15, 0.2) is 24.3 Å². The molecule has 3 nitrogen and oxygen atoms in total. The molecule has 1 aromatic carbocycles. The van der Waals surface area contributed by atoms with Crippen LogP contribution in [0.25, 0.3) is 0 Å². The number of carbonyl (C=O) groups is 1. The average Bonchev–Trinajstić information content (AvgIpc) is 2.04. The van der Waals surface area contributed by atoms with Crippen LogP contribution in [0.3, 0.4) is 0 Å². The summed E-state index contributed by atoms with van der Waals surface area (Å²) in [6, 6.07) is 7.76. The predicted octanol–water partition coefficient (Wildman–Crippen LogP) is 1.52. The Morgan fingerprint density at radius 3 is 2.38 bits per heavy atom. The lowest BCUT2D eigenvalue weighted by Gasteiger charge is -2.16. The van der Waals surface area contributed by atoms with Gasteiger partial charge in [-0.05, 0) is 19.1 Å². The van der Waals surface area contributed by atoms with Crippen LogP contribution in [-0.4, -0.2) is 24.7 Å². The zero-order chi connectivity index (χ0) is 9.84. The third-order valence-corrected chi connectivity index (χ3v) is 1.85. The van der Waals surface area contributed by atoms with Crippen molar-refractivity contribution in [2.24, 2.45) is 0 Å². The van der Waals surface area contributed by atoms with Gasteiger partial charge in [-0.15, -0.1) is 0 Å². The Bertz CT molecular complexity index is 292. The van der Waals surface area contributed by atoms with E-state index in [1.807, 2.05) is 31.2 Å². The van der Waals surface area contributed by atoms with Gasteiger partial charge in [0.15, 0.2) is 0 Å². The minimum Gasteiger partial charge on any atom is -0.480 e. The summed E-state index contributed by atoms with van der Waals surface area (Å²) in [5, 5.41) is 8.56. The van der Waals surface area contributed by atoms with Gasteiger partial charge in [0.25, 0.3) is 0 Å². The summed E-state index contributed by atoms with van der Waals surface area (Å²) in [4.78, 5) is 12.1. The molecule has 0 spiro atoms. The van der Waals surface area contributed by atoms with Gasteiger partial charge in [-0.3, -0.25) is 4.79 Å². The largest absolute Gasteiger partial charge is 0.480 e. The van der Waals surface area contributed by atoms with Crippen LogP contribution in [0.5, 0.6) is 0 Å². The first kappa shape index (κ1) is 9.58. The van der Waals surface area contributed by atoms with Gasteiger partial charge in [0.2, 0.25) is 0 Å². The molecular weight excluding hydrogens is 166 g/mol. The summed E-state index contributed by atoms with van der Waals surface area (Å²) in [5.74, 6) is -0.817. The van der Waals surface area contributed by atoms with Crippen LogP contribution in [0, 0.1) is 6.92 Å². The standard InChI is InChI=1S/C10H13NO2/c1-8-3-5-9(6-4-8)11(2)7-10(12)13/h3-6H,7H2,1-2H3,(H,12,13). The first-order chi connectivity index (χ1) is 6.09. The van der Waals surface area contributed by atoms with Crippen molar-refractivity contribution in [3.63, 3.8) is 0 Å². The number of rotatable bonds is 3. The van der Waals surface area contributed by atoms with E-state index >= 15 is 0 Å². The maximum Gasteiger partial charge on any atom is 0.323 e. The third-order valence-electron chi connectivity index (χ3n) is 1.85. The molecule has 0 fully saturated rings. The molecule has 0 unspecified atom stereocenters. The molecule has 0 saturated heterocycles. The van der Waals surface area contributed by atoms with Gasteiger partial charge in [-0.25, -0.2) is 0 Å². The van der Waals surface area contributed by atoms with Gasteiger partial charge >= 0.3 is 5.97 Å². The second-order valence-corrected chi connectivity index (χ2v) is 3.09. The van der Waals surface area contributed by atoms with Crippen molar-refractivity contribution in [3.8, 4) is 0 Å². The zero-order valence-corrected chi connectivity index (χ0v) is 7.82. The van der Waals surface area contributed by atoms with Gasteiger partial charge in [-0.1, -0.05) is 17.7 Å². The Kier molecular flexibility index (Phi) is 2.90. The Morgan fingerprint density at radius 1 is 1.38 bits per heavy atom. The van der Waals surface area contributed by atoms with Gasteiger partial charge in [0.05, 0.1) is 0 Å². The number of aryl methyl sites for hydroxylation is 1. The van der Waals surface area contributed by atoms with E-state index in [4.69, 9.17) is 5.11 Å². The minimum absolute atomic E-state index is 0.0308. The van der Waals surface area contributed by atoms with Crippen LogP contribution >= 0.6 is 0 Å². The van der Waals surface area contributed by atoms with Crippen molar-refractivity contribution in [1.82, 2.24) is 0 Å². The number of nitrogens with zero attached hydrogens (tertiary/aromatic N) is 1. The summed E-state index contributed by atoms with van der Waals surface area (Å²) >= 11 is 0. The van der Waals surface area contributed by atoms with E-state index in [9.17, 15) is 4.79 Å². The highest BCUT2D eigenvalue weighted by molar-refractivity contribution is 5.73. The predicted molar refractivity (Wildman–Crippen MR) is 52.1 cm³/mol. The summed E-state index contributed by atoms with van der Waals surface area (Å²) in [6.45, 7) is 2.03. The molecule has 0 aliphatic rings. The number of likely N-dealkylation sites (N-methyl/N-ethyl adjacent to an activating group) is 1. The first-order valence-corrected chi connectivity index (χ1v) is 4.09. The molecule has 1 N–H and O–H groups in total. The Hall–Kier alpha value is -1.51. The highest BCUT2D eigenvalue weighted by Gasteiger charge is 2.04. The van der Waals surface area contributed by atoms with Crippen LogP contribution in [0.4, 0.5) is 5.69 Å². The van der Waals surface area contributed by atoms with Crippen LogP contribution in [0.1, 0.15) is 5.56 Å². The molecule has 1 rings (SSSR count). The molecule has 0 aliphatic heterocycles. The van der Waals surface area contributed by atoms with E-state index in [1.54, 1.807) is 11.9 Å². The highest BCUT2D eigenvalue weighted by Crippen LogP contribution is 2.12. The Labute approximate surface area is 77.6 Å². The molecule has 0 aliphatic carbocycles. The first-order valence-electron chi connectivity index (χ1n) is 4.09. The number of aliphatic carboxylic acids is 1. The van der Waals surface area contributed by atoms with E-state index in [-0.39, 0.29) is 6.54 Å². The van der Waals surface area contributed by atoms with Crippen molar-refractivity contribution >= 4 is 11.7 Å². The van der Waals surface area contributed by atoms with Gasteiger partial charge in [0, 0.05) is 12.7 Å². The number of carboxylic acids is 1. The quantitative estimate of drug-likeness (QED) is 0.764. The molecule has 0 saturated carbocycles. The molecule has 1 aromatic rings. The number of anilines is 1. The molecule has 0 aromatic heterocycles. The number of carboxylic acid groups (broad SMARTS) is 1. The highest BCUT2D eigenvalue weighted by atomic mass is 16.4. The van der Waals surface area contributed by atoms with Gasteiger partial charge in [0.1, 0.15) is 6.54 Å². The lowest BCUT2D eigenvalue weighted by atomic mass is 10.2. The van der Waals surface area contributed by atoms with E-state index in [1.165, 1.54) is 5.56 Å². The van der Waals surface area contributed by atoms with E-state index < -0.39 is 5.97 Å². The van der Waals surface area contributed by atoms with Crippen LogP contribution < -0.4 is 4.90 Å². The maximum absolute atomic E-state index is 10.4. The molecule has 3 heteroatoms. The fourth-order valence-corrected chi connectivity index (χ4v) is 1.09. The normalized spacial score (nSPS) is 9.69. The fourth-order valence-electron chi connectivity index (χ4n) is 1.09. The maximum atomic E-state index is 10.4. The topological polar surface area (TPSA) is 40.5 Å². The summed E-state index contributed by atoms with van der Waals surface area (Å²) < 4.78 is 0. The average molecular weight is 179 g/mol. The van der Waals surface area contributed by atoms with Crippen molar-refractivity contribution < 1.29 is 9.90 Å². The van der Waals surface area contributed by atoms with Crippen molar-refractivity contribution in [2.45, 2.75) is 6.92 Å². The minimum atomic E-state index is -0.817. The van der Waals surface area contributed by atoms with Gasteiger partial charge < -0.3 is 10.0 Å². The molecular formula is C10H13NO2. The fraction of sp³-hybridized carbons (Fsp3) is 0.300. The number of hydrogen-bond donors (Lipinski definition) is 1. The number of hydrogen-bond acceptors (Lipinski definition) is 2. The van der Waals surface area contributed by atoms with Crippen molar-refractivity contribution in [2.75, 3.05) is 18.5 Å². The SMILES string of the molecule is Cc1ccc(N(C)CC(=O)O)cc1.